The van der Waals surface area contributed by atoms with Crippen LogP contribution in [0.2, 0.25) is 0 Å². The van der Waals surface area contributed by atoms with Crippen LogP contribution >= 0.6 is 0 Å². The summed E-state index contributed by atoms with van der Waals surface area (Å²) in [5.41, 5.74) is 1.67. The van der Waals surface area contributed by atoms with E-state index < -0.39 is 11.4 Å². The molecular weight excluding hydrogens is 330 g/mol. The van der Waals surface area contributed by atoms with Crippen LogP contribution in [-0.4, -0.2) is 44.5 Å². The Labute approximate surface area is 152 Å². The number of likely N-dealkylation sites (tertiary alicyclic amines) is 1. The largest absolute Gasteiger partial charge is 0.481 e. The summed E-state index contributed by atoms with van der Waals surface area (Å²) in [5, 5.41) is 9.75. The molecule has 1 saturated heterocycles. The molecule has 0 aromatic carbocycles. The van der Waals surface area contributed by atoms with Crippen LogP contribution in [0.5, 0.6) is 0 Å². The molecule has 2 atom stereocenters. The number of pyridine rings is 1. The monoisotopic (exact) mass is 353 g/mol. The lowest BCUT2D eigenvalue weighted by Gasteiger charge is -2.23. The first-order valence-corrected chi connectivity index (χ1v) is 9.07. The van der Waals surface area contributed by atoms with E-state index in [0.717, 1.165) is 30.0 Å². The number of aromatic nitrogens is 2. The van der Waals surface area contributed by atoms with Crippen molar-refractivity contribution in [3.8, 4) is 5.82 Å². The molecule has 1 N–H and O–H groups in total. The molecule has 1 aliphatic heterocycles. The Kier molecular flexibility index (Phi) is 3.86. The Balaban J connectivity index is 1.65. The lowest BCUT2D eigenvalue weighted by atomic mass is 9.81. The highest BCUT2D eigenvalue weighted by molar-refractivity contribution is 5.96. The van der Waals surface area contributed by atoms with Crippen molar-refractivity contribution in [3.63, 3.8) is 0 Å². The zero-order valence-electron chi connectivity index (χ0n) is 15.1. The SMILES string of the molecule is Cc1cc(C(=O)N2C[C@@H]3CCC[C@@]3(C(=O)O)C2)c(C)n1-c1ccccn1. The number of rotatable bonds is 3. The lowest BCUT2D eigenvalue weighted by molar-refractivity contribution is -0.149. The number of fused-ring (bicyclic) bond motifs is 1. The van der Waals surface area contributed by atoms with Crippen molar-refractivity contribution in [2.75, 3.05) is 13.1 Å². The average molecular weight is 353 g/mol. The number of hydrogen-bond donors (Lipinski definition) is 1. The molecule has 26 heavy (non-hydrogen) atoms. The van der Waals surface area contributed by atoms with Crippen LogP contribution in [-0.2, 0) is 4.79 Å². The van der Waals surface area contributed by atoms with E-state index in [1.807, 2.05) is 42.7 Å². The van der Waals surface area contributed by atoms with Crippen molar-refractivity contribution in [2.24, 2.45) is 11.3 Å². The average Bonchev–Trinajstić information content (AvgIpc) is 3.26. The molecule has 2 aromatic rings. The molecule has 4 rings (SSSR count). The summed E-state index contributed by atoms with van der Waals surface area (Å²) in [4.78, 5) is 31.1. The summed E-state index contributed by atoms with van der Waals surface area (Å²) >= 11 is 0. The maximum absolute atomic E-state index is 13.2. The lowest BCUT2D eigenvalue weighted by Crippen LogP contribution is -2.37. The Hall–Kier alpha value is -2.63. The molecule has 6 heteroatoms. The van der Waals surface area contributed by atoms with Crippen LogP contribution in [0.25, 0.3) is 5.82 Å². The normalized spacial score (nSPS) is 24.7. The van der Waals surface area contributed by atoms with E-state index in [0.29, 0.717) is 25.1 Å². The van der Waals surface area contributed by atoms with Crippen LogP contribution < -0.4 is 0 Å². The van der Waals surface area contributed by atoms with Crippen LogP contribution in [0.4, 0.5) is 0 Å². The van der Waals surface area contributed by atoms with Gasteiger partial charge in [-0.1, -0.05) is 12.5 Å². The van der Waals surface area contributed by atoms with E-state index in [2.05, 4.69) is 4.98 Å². The Bertz CT molecular complexity index is 874. The second-order valence-electron chi connectivity index (χ2n) is 7.54. The first-order valence-electron chi connectivity index (χ1n) is 9.07. The van der Waals surface area contributed by atoms with E-state index in [9.17, 15) is 14.7 Å². The number of aliphatic carboxylic acids is 1. The minimum absolute atomic E-state index is 0.0724. The van der Waals surface area contributed by atoms with Crippen LogP contribution in [0.1, 0.15) is 41.0 Å². The van der Waals surface area contributed by atoms with E-state index in [-0.39, 0.29) is 11.8 Å². The minimum Gasteiger partial charge on any atom is -0.481 e. The molecule has 2 fully saturated rings. The van der Waals surface area contributed by atoms with Crippen molar-refractivity contribution in [1.29, 1.82) is 0 Å². The molecule has 1 aliphatic carbocycles. The highest BCUT2D eigenvalue weighted by atomic mass is 16.4. The summed E-state index contributed by atoms with van der Waals surface area (Å²) in [6, 6.07) is 7.57. The minimum atomic E-state index is -0.755. The molecule has 0 bridgehead atoms. The van der Waals surface area contributed by atoms with Crippen molar-refractivity contribution in [2.45, 2.75) is 33.1 Å². The fraction of sp³-hybridized carbons (Fsp3) is 0.450. The molecule has 0 unspecified atom stereocenters. The molecule has 136 valence electrons. The van der Waals surface area contributed by atoms with Crippen molar-refractivity contribution in [3.05, 3.63) is 47.4 Å². The molecule has 1 saturated carbocycles. The Morgan fingerprint density at radius 2 is 2.12 bits per heavy atom. The molecule has 2 aromatic heterocycles. The molecule has 3 heterocycles. The highest BCUT2D eigenvalue weighted by Gasteiger charge is 2.55. The number of carbonyl (C=O) groups excluding carboxylic acids is 1. The number of aryl methyl sites for hydroxylation is 1. The molecule has 6 nitrogen and oxygen atoms in total. The number of hydrogen-bond acceptors (Lipinski definition) is 3. The molecule has 1 amide bonds. The van der Waals surface area contributed by atoms with Crippen molar-refractivity contribution in [1.82, 2.24) is 14.5 Å². The van der Waals surface area contributed by atoms with E-state index >= 15 is 0 Å². The Morgan fingerprint density at radius 3 is 2.77 bits per heavy atom. The second kappa shape index (κ2) is 5.97. The summed E-state index contributed by atoms with van der Waals surface area (Å²) in [7, 11) is 0. The smallest absolute Gasteiger partial charge is 0.311 e. The number of carboxylic acid groups (broad SMARTS) is 1. The van der Waals surface area contributed by atoms with Crippen molar-refractivity contribution < 1.29 is 14.7 Å². The van der Waals surface area contributed by atoms with E-state index in [1.54, 1.807) is 11.1 Å². The first-order chi connectivity index (χ1) is 12.4. The van der Waals surface area contributed by atoms with Gasteiger partial charge in [-0.25, -0.2) is 4.98 Å². The Morgan fingerprint density at radius 1 is 1.31 bits per heavy atom. The summed E-state index contributed by atoms with van der Waals surface area (Å²) < 4.78 is 1.97. The van der Waals surface area contributed by atoms with Crippen LogP contribution in [0, 0.1) is 25.2 Å². The van der Waals surface area contributed by atoms with Crippen LogP contribution in [0.15, 0.2) is 30.5 Å². The fourth-order valence-corrected chi connectivity index (χ4v) is 4.78. The molecule has 0 radical (unpaired) electrons. The van der Waals surface area contributed by atoms with Crippen LogP contribution in [0.3, 0.4) is 0 Å². The maximum Gasteiger partial charge on any atom is 0.311 e. The van der Waals surface area contributed by atoms with Gasteiger partial charge in [0.25, 0.3) is 5.91 Å². The third kappa shape index (κ3) is 2.35. The van der Waals surface area contributed by atoms with Gasteiger partial charge in [0, 0.05) is 30.7 Å². The van der Waals surface area contributed by atoms with Gasteiger partial charge in [0.1, 0.15) is 5.82 Å². The number of carboxylic acids is 1. The van der Waals surface area contributed by atoms with Gasteiger partial charge >= 0.3 is 5.97 Å². The topological polar surface area (TPSA) is 75.4 Å². The first kappa shape index (κ1) is 16.8. The zero-order valence-corrected chi connectivity index (χ0v) is 15.1. The second-order valence-corrected chi connectivity index (χ2v) is 7.54. The number of nitrogens with zero attached hydrogens (tertiary/aromatic N) is 3. The van der Waals surface area contributed by atoms with Crippen molar-refractivity contribution >= 4 is 11.9 Å². The fourth-order valence-electron chi connectivity index (χ4n) is 4.78. The predicted molar refractivity (Wildman–Crippen MR) is 96.4 cm³/mol. The predicted octanol–water partition coefficient (Wildman–Crippen LogP) is 2.82. The van der Waals surface area contributed by atoms with Gasteiger partial charge in [-0.3, -0.25) is 9.59 Å². The number of carbonyl (C=O) groups is 2. The molecular formula is C20H23N3O3. The molecule has 0 spiro atoms. The number of amides is 1. The quantitative estimate of drug-likeness (QED) is 0.921. The summed E-state index contributed by atoms with van der Waals surface area (Å²) in [6.45, 7) is 4.73. The maximum atomic E-state index is 13.2. The standard InChI is InChI=1S/C20H23N3O3/c1-13-10-16(14(2)23(13)17-7-3-4-9-21-17)18(24)22-11-15-6-5-8-20(15,12-22)19(25)26/h3-4,7,9-10,15H,5-6,8,11-12H2,1-2H3,(H,25,26)/t15-,20+/m0/s1. The third-order valence-electron chi connectivity index (χ3n) is 6.12. The van der Waals surface area contributed by atoms with E-state index in [1.165, 1.54) is 0 Å². The van der Waals surface area contributed by atoms with Gasteiger partial charge in [-0.15, -0.1) is 0 Å². The van der Waals surface area contributed by atoms with Gasteiger partial charge in [0.2, 0.25) is 0 Å². The third-order valence-corrected chi connectivity index (χ3v) is 6.12. The van der Waals surface area contributed by atoms with Gasteiger partial charge in [-0.05, 0) is 50.8 Å². The van der Waals surface area contributed by atoms with Gasteiger partial charge < -0.3 is 14.6 Å². The highest BCUT2D eigenvalue weighted by Crippen LogP contribution is 2.49. The van der Waals surface area contributed by atoms with Gasteiger partial charge in [-0.2, -0.15) is 0 Å². The zero-order chi connectivity index (χ0) is 18.5. The van der Waals surface area contributed by atoms with Gasteiger partial charge in [0.15, 0.2) is 0 Å². The summed E-state index contributed by atoms with van der Waals surface area (Å²) in [6.07, 6.45) is 4.23. The van der Waals surface area contributed by atoms with Gasteiger partial charge in [0.05, 0.1) is 11.0 Å². The van der Waals surface area contributed by atoms with E-state index in [4.69, 9.17) is 0 Å². The molecule has 2 aliphatic rings. The summed E-state index contributed by atoms with van der Waals surface area (Å²) in [5.74, 6) is 0.0228.